The van der Waals surface area contributed by atoms with Gasteiger partial charge in [-0.25, -0.2) is 0 Å². The van der Waals surface area contributed by atoms with Crippen molar-refractivity contribution >= 4 is 12.0 Å². The minimum Gasteiger partial charge on any atom is -0.371 e. The Hall–Kier alpha value is 0.270. The molecule has 1 aliphatic heterocycles. The van der Waals surface area contributed by atoms with Crippen LogP contribution in [0.1, 0.15) is 45.4 Å². The third kappa shape index (κ3) is 7.65. The number of hydrogen-bond donors (Lipinski definition) is 0. The van der Waals surface area contributed by atoms with Crippen LogP contribution in [0.4, 0.5) is 0 Å². The second kappa shape index (κ2) is 8.57. The molecule has 0 radical (unpaired) electrons. The lowest BCUT2D eigenvalue weighted by Gasteiger charge is -2.01. The van der Waals surface area contributed by atoms with E-state index in [9.17, 15) is 0 Å². The molecule has 1 saturated heterocycles. The molecule has 1 rings (SSSR count). The zero-order valence-corrected chi connectivity index (χ0v) is 9.98. The minimum atomic E-state index is 0.409. The molecule has 1 heterocycles. The Morgan fingerprint density at radius 3 is 2.64 bits per heavy atom. The topological polar surface area (TPSA) is 21.8 Å². The van der Waals surface area contributed by atoms with Gasteiger partial charge in [0.2, 0.25) is 0 Å². The Kier molecular flexibility index (Phi) is 7.55. The van der Waals surface area contributed by atoms with Crippen LogP contribution in [0, 0.1) is 0 Å². The van der Waals surface area contributed by atoms with E-state index in [1.165, 1.54) is 38.5 Å². The summed E-state index contributed by atoms with van der Waals surface area (Å²) in [6.45, 7) is 3.93. The number of unbranched alkanes of at least 4 members (excludes halogenated alkanes) is 5. The van der Waals surface area contributed by atoms with Gasteiger partial charge in [0.1, 0.15) is 6.10 Å². The fourth-order valence-electron chi connectivity index (χ4n) is 1.29. The predicted molar refractivity (Wildman–Crippen MR) is 61.5 cm³/mol. The third-order valence-electron chi connectivity index (χ3n) is 2.32. The molecule has 0 amide bonds. The van der Waals surface area contributed by atoms with Crippen molar-refractivity contribution in [1.82, 2.24) is 0 Å². The molecule has 0 aromatic heterocycles. The van der Waals surface area contributed by atoms with E-state index in [1.807, 2.05) is 0 Å². The minimum absolute atomic E-state index is 0.409. The van der Waals surface area contributed by atoms with E-state index in [1.54, 1.807) is 12.0 Å². The summed E-state index contributed by atoms with van der Waals surface area (Å²) in [5, 5.41) is 0. The van der Waals surface area contributed by atoms with Crippen LogP contribution >= 0.6 is 12.0 Å². The zero-order valence-electron chi connectivity index (χ0n) is 9.17. The summed E-state index contributed by atoms with van der Waals surface area (Å²) in [5.74, 6) is 1.14. The van der Waals surface area contributed by atoms with Crippen LogP contribution in [0.2, 0.25) is 0 Å². The molecule has 0 spiro atoms. The molecule has 0 aromatic rings. The Morgan fingerprint density at radius 2 is 1.93 bits per heavy atom. The first-order valence-corrected chi connectivity index (χ1v) is 6.70. The van der Waals surface area contributed by atoms with Crippen LogP contribution in [-0.2, 0) is 8.92 Å². The van der Waals surface area contributed by atoms with Gasteiger partial charge in [0, 0.05) is 5.75 Å². The quantitative estimate of drug-likeness (QED) is 0.319. The number of epoxide rings is 1. The molecule has 0 N–H and O–H groups in total. The standard InChI is InChI=1S/C11H22O2S/c1-2-3-4-5-6-7-8-14-13-10-11-9-12-11/h11H,2-10H2,1H3. The fraction of sp³-hybridized carbons (Fsp3) is 1.00. The lowest BCUT2D eigenvalue weighted by Crippen LogP contribution is -1.95. The van der Waals surface area contributed by atoms with Crippen molar-refractivity contribution in [3.63, 3.8) is 0 Å². The highest BCUT2D eigenvalue weighted by atomic mass is 32.2. The molecule has 84 valence electrons. The Labute approximate surface area is 91.9 Å². The molecule has 1 unspecified atom stereocenters. The van der Waals surface area contributed by atoms with Crippen molar-refractivity contribution in [2.45, 2.75) is 51.6 Å². The zero-order chi connectivity index (χ0) is 10.1. The van der Waals surface area contributed by atoms with Crippen molar-refractivity contribution in [2.75, 3.05) is 19.0 Å². The first-order valence-electron chi connectivity index (χ1n) is 5.79. The van der Waals surface area contributed by atoms with E-state index in [2.05, 4.69) is 6.92 Å². The van der Waals surface area contributed by atoms with Crippen molar-refractivity contribution in [1.29, 1.82) is 0 Å². The van der Waals surface area contributed by atoms with Gasteiger partial charge in [0.15, 0.2) is 0 Å². The lowest BCUT2D eigenvalue weighted by atomic mass is 10.1. The van der Waals surface area contributed by atoms with E-state index in [4.69, 9.17) is 8.92 Å². The predicted octanol–water partition coefficient (Wildman–Crippen LogP) is 3.41. The Bertz CT molecular complexity index is 126. The smallest absolute Gasteiger partial charge is 0.105 e. The van der Waals surface area contributed by atoms with Gasteiger partial charge in [0.25, 0.3) is 0 Å². The highest BCUT2D eigenvalue weighted by Gasteiger charge is 2.22. The van der Waals surface area contributed by atoms with Gasteiger partial charge < -0.3 is 8.92 Å². The van der Waals surface area contributed by atoms with Crippen molar-refractivity contribution in [2.24, 2.45) is 0 Å². The fourth-order valence-corrected chi connectivity index (χ4v) is 1.98. The molecular formula is C11H22O2S. The van der Waals surface area contributed by atoms with Gasteiger partial charge in [-0.2, -0.15) is 0 Å². The summed E-state index contributed by atoms with van der Waals surface area (Å²) in [6, 6.07) is 0. The monoisotopic (exact) mass is 218 g/mol. The molecule has 0 aromatic carbocycles. The van der Waals surface area contributed by atoms with Gasteiger partial charge >= 0.3 is 0 Å². The van der Waals surface area contributed by atoms with Gasteiger partial charge in [-0.15, -0.1) is 0 Å². The molecular weight excluding hydrogens is 196 g/mol. The first-order chi connectivity index (χ1) is 6.93. The van der Waals surface area contributed by atoms with Gasteiger partial charge in [-0.3, -0.25) is 0 Å². The van der Waals surface area contributed by atoms with Crippen LogP contribution < -0.4 is 0 Å². The summed E-state index contributed by atoms with van der Waals surface area (Å²) < 4.78 is 10.4. The summed E-state index contributed by atoms with van der Waals surface area (Å²) in [5.41, 5.74) is 0. The Balaban J connectivity index is 1.63. The molecule has 1 fully saturated rings. The highest BCUT2D eigenvalue weighted by Crippen LogP contribution is 2.15. The molecule has 0 aliphatic carbocycles. The van der Waals surface area contributed by atoms with Gasteiger partial charge in [-0.05, 0) is 18.5 Å². The molecule has 14 heavy (non-hydrogen) atoms. The van der Waals surface area contributed by atoms with E-state index in [0.717, 1.165) is 19.0 Å². The molecule has 1 aliphatic rings. The first kappa shape index (κ1) is 12.3. The average Bonchev–Trinajstić information content (AvgIpc) is 2.99. The van der Waals surface area contributed by atoms with Crippen LogP contribution in [0.3, 0.4) is 0 Å². The molecule has 2 nitrogen and oxygen atoms in total. The molecule has 0 bridgehead atoms. The van der Waals surface area contributed by atoms with E-state index in [-0.39, 0.29) is 0 Å². The van der Waals surface area contributed by atoms with E-state index >= 15 is 0 Å². The average molecular weight is 218 g/mol. The van der Waals surface area contributed by atoms with Crippen LogP contribution in [0.25, 0.3) is 0 Å². The maximum atomic E-state index is 5.38. The van der Waals surface area contributed by atoms with E-state index < -0.39 is 0 Å². The van der Waals surface area contributed by atoms with Crippen molar-refractivity contribution in [3.8, 4) is 0 Å². The number of hydrogen-bond acceptors (Lipinski definition) is 3. The number of rotatable bonds is 10. The second-order valence-electron chi connectivity index (χ2n) is 3.83. The highest BCUT2D eigenvalue weighted by molar-refractivity contribution is 7.94. The maximum Gasteiger partial charge on any atom is 0.105 e. The Morgan fingerprint density at radius 1 is 1.21 bits per heavy atom. The SMILES string of the molecule is CCCCCCCCSOCC1CO1. The molecule has 1 atom stereocenters. The van der Waals surface area contributed by atoms with Gasteiger partial charge in [-0.1, -0.05) is 39.0 Å². The van der Waals surface area contributed by atoms with Gasteiger partial charge in [0.05, 0.1) is 13.2 Å². The van der Waals surface area contributed by atoms with E-state index in [0.29, 0.717) is 6.10 Å². The number of ether oxygens (including phenoxy) is 1. The summed E-state index contributed by atoms with van der Waals surface area (Å²) in [6.07, 6.45) is 8.57. The summed E-state index contributed by atoms with van der Waals surface area (Å²) in [7, 11) is 0. The third-order valence-corrected chi connectivity index (χ3v) is 3.08. The largest absolute Gasteiger partial charge is 0.371 e. The lowest BCUT2D eigenvalue weighted by molar-refractivity contribution is 0.295. The summed E-state index contributed by atoms with van der Waals surface area (Å²) in [4.78, 5) is 0. The summed E-state index contributed by atoms with van der Waals surface area (Å²) >= 11 is 1.61. The van der Waals surface area contributed by atoms with Crippen LogP contribution in [0.5, 0.6) is 0 Å². The van der Waals surface area contributed by atoms with Crippen LogP contribution in [0.15, 0.2) is 0 Å². The van der Waals surface area contributed by atoms with Crippen LogP contribution in [-0.4, -0.2) is 25.1 Å². The molecule has 3 heteroatoms. The van der Waals surface area contributed by atoms with Crippen molar-refractivity contribution in [3.05, 3.63) is 0 Å². The molecule has 0 saturated carbocycles. The second-order valence-corrected chi connectivity index (χ2v) is 4.71. The van der Waals surface area contributed by atoms with Crippen molar-refractivity contribution < 1.29 is 8.92 Å². The normalized spacial score (nSPS) is 19.9. The maximum absolute atomic E-state index is 5.38.